The van der Waals surface area contributed by atoms with Crippen molar-refractivity contribution in [1.29, 1.82) is 0 Å². The normalized spacial score (nSPS) is 29.9. The Morgan fingerprint density at radius 1 is 1.07 bits per heavy atom. The Morgan fingerprint density at radius 2 is 1.77 bits per heavy atom. The van der Waals surface area contributed by atoms with Crippen LogP contribution in [-0.2, 0) is 25.7 Å². The van der Waals surface area contributed by atoms with Crippen LogP contribution in [0.4, 0.5) is 0 Å². The molecule has 4 aliphatic heterocycles. The number of morpholine rings is 1. The molecule has 4 heterocycles. The highest BCUT2D eigenvalue weighted by Crippen LogP contribution is 2.71. The number of aliphatic hydroxyl groups excluding tert-OH is 1. The maximum Gasteiger partial charge on any atom is 0.247 e. The number of likely N-dealkylation sites (tertiary alicyclic amines) is 1. The zero-order valence-corrected chi connectivity index (χ0v) is 26.2. The van der Waals surface area contributed by atoms with Gasteiger partial charge in [0, 0.05) is 63.7 Å². The SMILES string of the molecule is C=CCN(CCN1CCOCC1)C(=O)C1N(CCCO)C(=O)[C@@H]2[C@@H](C(=O)N(CC=C)Cc3ccccc3)[C@@]3(C)CCC12S3. The molecule has 4 saturated heterocycles. The summed E-state index contributed by atoms with van der Waals surface area (Å²) in [6.45, 7) is 15.6. The van der Waals surface area contributed by atoms with Gasteiger partial charge in [0.05, 0.1) is 29.8 Å². The molecule has 9 nitrogen and oxygen atoms in total. The van der Waals surface area contributed by atoms with Gasteiger partial charge in [-0.15, -0.1) is 24.9 Å². The molecule has 4 aliphatic rings. The van der Waals surface area contributed by atoms with Crippen LogP contribution in [0.2, 0.25) is 0 Å². The summed E-state index contributed by atoms with van der Waals surface area (Å²) in [7, 11) is 0. The molecule has 1 aromatic carbocycles. The molecule has 1 aromatic rings. The number of ether oxygens (including phenoxy) is 1. The molecule has 2 bridgehead atoms. The zero-order valence-electron chi connectivity index (χ0n) is 25.4. The van der Waals surface area contributed by atoms with E-state index >= 15 is 0 Å². The van der Waals surface area contributed by atoms with E-state index in [1.807, 2.05) is 35.2 Å². The number of carbonyl (C=O) groups excluding carboxylic acids is 3. The third kappa shape index (κ3) is 6.03. The molecule has 0 radical (unpaired) electrons. The second-order valence-electron chi connectivity index (χ2n) is 12.4. The molecule has 3 amide bonds. The van der Waals surface area contributed by atoms with Crippen molar-refractivity contribution >= 4 is 29.5 Å². The van der Waals surface area contributed by atoms with Gasteiger partial charge in [-0.05, 0) is 31.7 Å². The summed E-state index contributed by atoms with van der Waals surface area (Å²) >= 11 is 1.69. The molecule has 5 rings (SSSR count). The smallest absolute Gasteiger partial charge is 0.247 e. The number of rotatable bonds is 14. The monoisotopic (exact) mass is 610 g/mol. The lowest BCUT2D eigenvalue weighted by atomic mass is 9.66. The van der Waals surface area contributed by atoms with Crippen LogP contribution in [0.5, 0.6) is 0 Å². The molecule has 43 heavy (non-hydrogen) atoms. The summed E-state index contributed by atoms with van der Waals surface area (Å²) < 4.78 is 4.34. The number of amides is 3. The zero-order chi connectivity index (χ0) is 30.6. The lowest BCUT2D eigenvalue weighted by Gasteiger charge is -2.38. The van der Waals surface area contributed by atoms with E-state index in [-0.39, 0.29) is 30.9 Å². The van der Waals surface area contributed by atoms with Crippen molar-refractivity contribution in [2.24, 2.45) is 11.8 Å². The van der Waals surface area contributed by atoms with E-state index in [9.17, 15) is 19.5 Å². The Kier molecular flexibility index (Phi) is 10.0. The molecular weight excluding hydrogens is 564 g/mol. The van der Waals surface area contributed by atoms with E-state index in [0.29, 0.717) is 52.2 Å². The molecule has 0 aromatic heterocycles. The average Bonchev–Trinajstić information content (AvgIpc) is 3.58. The number of benzene rings is 1. The van der Waals surface area contributed by atoms with Gasteiger partial charge in [0.2, 0.25) is 17.7 Å². The predicted molar refractivity (Wildman–Crippen MR) is 168 cm³/mol. The van der Waals surface area contributed by atoms with Gasteiger partial charge in [-0.2, -0.15) is 0 Å². The van der Waals surface area contributed by atoms with Crippen molar-refractivity contribution in [3.63, 3.8) is 0 Å². The maximum absolute atomic E-state index is 14.6. The van der Waals surface area contributed by atoms with Crippen LogP contribution in [-0.4, -0.2) is 124 Å². The maximum atomic E-state index is 14.6. The van der Waals surface area contributed by atoms with Crippen LogP contribution in [0.15, 0.2) is 55.6 Å². The van der Waals surface area contributed by atoms with E-state index in [1.165, 1.54) is 0 Å². The Labute approximate surface area is 259 Å². The summed E-state index contributed by atoms with van der Waals surface area (Å²) in [5.74, 6) is -1.41. The van der Waals surface area contributed by atoms with Crippen LogP contribution in [0, 0.1) is 11.8 Å². The number of hydrogen-bond acceptors (Lipinski definition) is 7. The molecule has 234 valence electrons. The standard InChI is InChI=1S/C33H46N4O5S/c1-4-14-35(18-17-34-19-22-42-23-20-34)31(41)28-33-13-12-32(3,43-33)26(27(33)30(40)37(28)16-9-21-38)29(39)36(15-5-2)24-25-10-7-6-8-11-25/h4-8,10-11,26-28,38H,1-2,9,12-24H2,3H3/t26-,27-,28?,32+,33?/m0/s1. The second kappa shape index (κ2) is 13.5. The Balaban J connectivity index is 1.46. The quantitative estimate of drug-likeness (QED) is 0.324. The van der Waals surface area contributed by atoms with Crippen molar-refractivity contribution < 1.29 is 24.2 Å². The molecule has 0 aliphatic carbocycles. The molecule has 10 heteroatoms. The van der Waals surface area contributed by atoms with Crippen LogP contribution in [0.25, 0.3) is 0 Å². The third-order valence-electron chi connectivity index (χ3n) is 9.66. The molecule has 1 spiro atoms. The predicted octanol–water partition coefficient (Wildman–Crippen LogP) is 2.41. The number of fused-ring (bicyclic) bond motifs is 1. The van der Waals surface area contributed by atoms with Crippen molar-refractivity contribution in [3.05, 3.63) is 61.2 Å². The van der Waals surface area contributed by atoms with Crippen LogP contribution in [0.3, 0.4) is 0 Å². The van der Waals surface area contributed by atoms with Crippen LogP contribution >= 0.6 is 11.8 Å². The Hall–Kier alpha value is -2.66. The summed E-state index contributed by atoms with van der Waals surface area (Å²) in [6, 6.07) is 9.18. The van der Waals surface area contributed by atoms with Crippen molar-refractivity contribution in [3.8, 4) is 0 Å². The molecule has 4 fully saturated rings. The summed E-state index contributed by atoms with van der Waals surface area (Å²) in [5, 5.41) is 9.71. The highest BCUT2D eigenvalue weighted by molar-refractivity contribution is 8.02. The number of carbonyl (C=O) groups is 3. The van der Waals surface area contributed by atoms with Gasteiger partial charge in [-0.1, -0.05) is 42.5 Å². The number of aliphatic hydroxyl groups is 1. The second-order valence-corrected chi connectivity index (χ2v) is 14.3. The van der Waals surface area contributed by atoms with E-state index in [2.05, 4.69) is 25.0 Å². The van der Waals surface area contributed by atoms with E-state index in [0.717, 1.165) is 31.6 Å². The first-order valence-electron chi connectivity index (χ1n) is 15.5. The van der Waals surface area contributed by atoms with Gasteiger partial charge in [0.25, 0.3) is 0 Å². The topological polar surface area (TPSA) is 93.6 Å². The van der Waals surface area contributed by atoms with Crippen molar-refractivity contribution in [2.75, 3.05) is 65.6 Å². The minimum Gasteiger partial charge on any atom is -0.396 e. The van der Waals surface area contributed by atoms with E-state index in [1.54, 1.807) is 33.7 Å². The first-order valence-corrected chi connectivity index (χ1v) is 16.4. The highest BCUT2D eigenvalue weighted by atomic mass is 32.2. The Bertz CT molecular complexity index is 1190. The molecule has 2 unspecified atom stereocenters. The van der Waals surface area contributed by atoms with E-state index in [4.69, 9.17) is 4.74 Å². The summed E-state index contributed by atoms with van der Waals surface area (Å²) in [4.78, 5) is 51.1. The molecule has 5 atom stereocenters. The first-order chi connectivity index (χ1) is 20.8. The summed E-state index contributed by atoms with van der Waals surface area (Å²) in [6.07, 6.45) is 5.32. The van der Waals surface area contributed by atoms with Gasteiger partial charge in [0.15, 0.2) is 0 Å². The molecular formula is C33H46N4O5S. The minimum absolute atomic E-state index is 0.0517. The molecule has 1 N–H and O–H groups in total. The van der Waals surface area contributed by atoms with Gasteiger partial charge in [-0.3, -0.25) is 19.3 Å². The van der Waals surface area contributed by atoms with Crippen LogP contribution in [0.1, 0.15) is 31.7 Å². The number of nitrogens with zero attached hydrogens (tertiary/aromatic N) is 4. The Morgan fingerprint density at radius 3 is 2.44 bits per heavy atom. The van der Waals surface area contributed by atoms with Gasteiger partial charge < -0.3 is 24.5 Å². The van der Waals surface area contributed by atoms with Gasteiger partial charge in [0.1, 0.15) is 6.04 Å². The first kappa shape index (κ1) is 31.8. The molecule has 0 saturated carbocycles. The number of thioether (sulfide) groups is 1. The minimum atomic E-state index is -0.691. The van der Waals surface area contributed by atoms with Crippen molar-refractivity contribution in [2.45, 2.75) is 48.3 Å². The average molecular weight is 611 g/mol. The highest BCUT2D eigenvalue weighted by Gasteiger charge is 2.77. The fraction of sp³-hybridized carbons (Fsp3) is 0.606. The fourth-order valence-electron chi connectivity index (χ4n) is 7.66. The largest absolute Gasteiger partial charge is 0.396 e. The lowest BCUT2D eigenvalue weighted by molar-refractivity contribution is -0.146. The van der Waals surface area contributed by atoms with E-state index < -0.39 is 27.4 Å². The number of hydrogen-bond donors (Lipinski definition) is 1. The van der Waals surface area contributed by atoms with Crippen LogP contribution < -0.4 is 0 Å². The fourth-order valence-corrected chi connectivity index (χ4v) is 10.0. The van der Waals surface area contributed by atoms with Crippen molar-refractivity contribution in [1.82, 2.24) is 19.6 Å². The lowest BCUT2D eigenvalue weighted by Crippen LogP contribution is -2.56. The summed E-state index contributed by atoms with van der Waals surface area (Å²) in [5.41, 5.74) is 1.02. The third-order valence-corrected chi connectivity index (χ3v) is 11.6. The van der Waals surface area contributed by atoms with Gasteiger partial charge in [-0.25, -0.2) is 0 Å². The van der Waals surface area contributed by atoms with Gasteiger partial charge >= 0.3 is 0 Å².